The van der Waals surface area contributed by atoms with Crippen molar-refractivity contribution in [1.82, 2.24) is 15.3 Å². The largest absolute Gasteiger partial charge is 0.392 e. The normalized spacial score (nSPS) is 21.5. The molecule has 0 bridgehead atoms. The Morgan fingerprint density at radius 2 is 1.93 bits per heavy atom. The van der Waals surface area contributed by atoms with Gasteiger partial charge in [-0.3, -0.25) is 9.59 Å². The first kappa shape index (κ1) is 22.4. The average molecular weight is 523 g/mol. The van der Waals surface area contributed by atoms with Crippen LogP contribution in [0.3, 0.4) is 0 Å². The maximum absolute atomic E-state index is 12.5. The second kappa shape index (κ2) is 9.25. The van der Waals surface area contributed by atoms with Gasteiger partial charge in [0.05, 0.1) is 12.1 Å². The van der Waals surface area contributed by atoms with Crippen LogP contribution in [0.4, 0.5) is 11.6 Å². The summed E-state index contributed by atoms with van der Waals surface area (Å²) in [5.74, 6) is 0.209. The van der Waals surface area contributed by atoms with Crippen LogP contribution in [0.25, 0.3) is 0 Å². The first-order chi connectivity index (χ1) is 14.2. The van der Waals surface area contributed by atoms with E-state index in [0.717, 1.165) is 14.8 Å². The molecule has 2 aromatic rings. The van der Waals surface area contributed by atoms with Crippen molar-refractivity contribution in [3.8, 4) is 0 Å². The summed E-state index contributed by atoms with van der Waals surface area (Å²) in [5.41, 5.74) is 2.07. The van der Waals surface area contributed by atoms with Crippen LogP contribution in [0.1, 0.15) is 49.7 Å². The molecule has 4 atom stereocenters. The molecule has 0 saturated carbocycles. The van der Waals surface area contributed by atoms with Gasteiger partial charge in [-0.2, -0.15) is 0 Å². The minimum absolute atomic E-state index is 0.0417. The second-order valence-corrected chi connectivity index (χ2v) is 8.91. The lowest BCUT2D eigenvalue weighted by Gasteiger charge is -2.44. The molecule has 0 radical (unpaired) electrons. The molecule has 160 valence electrons. The van der Waals surface area contributed by atoms with E-state index in [9.17, 15) is 14.7 Å². The number of aromatic nitrogens is 2. The highest BCUT2D eigenvalue weighted by atomic mass is 127. The van der Waals surface area contributed by atoms with Gasteiger partial charge < -0.3 is 20.6 Å². The zero-order valence-corrected chi connectivity index (χ0v) is 19.5. The molecule has 2 amide bonds. The van der Waals surface area contributed by atoms with Crippen molar-refractivity contribution in [3.05, 3.63) is 45.3 Å². The fourth-order valence-electron chi connectivity index (χ4n) is 3.71. The van der Waals surface area contributed by atoms with E-state index in [4.69, 9.17) is 0 Å². The maximum Gasteiger partial charge on any atom is 0.251 e. The van der Waals surface area contributed by atoms with Gasteiger partial charge in [-0.05, 0) is 60.2 Å². The van der Waals surface area contributed by atoms with Crippen molar-refractivity contribution >= 4 is 46.0 Å². The predicted octanol–water partition coefficient (Wildman–Crippen LogP) is 2.74. The molecule has 0 fully saturated rings. The zero-order chi connectivity index (χ0) is 22.0. The van der Waals surface area contributed by atoms with Gasteiger partial charge in [0, 0.05) is 52.6 Å². The summed E-state index contributed by atoms with van der Waals surface area (Å²) >= 11 is 2.15. The minimum Gasteiger partial charge on any atom is -0.392 e. The summed E-state index contributed by atoms with van der Waals surface area (Å²) in [4.78, 5) is 35.4. The summed E-state index contributed by atoms with van der Waals surface area (Å²) in [5, 5.41) is 15.5. The Morgan fingerprint density at radius 1 is 1.27 bits per heavy atom. The predicted molar refractivity (Wildman–Crippen MR) is 123 cm³/mol. The number of carbonyl (C=O) groups excluding carboxylic acids is 2. The van der Waals surface area contributed by atoms with Crippen LogP contribution in [-0.4, -0.2) is 45.6 Å². The van der Waals surface area contributed by atoms with Crippen molar-refractivity contribution in [1.29, 1.82) is 0 Å². The number of hydrogen-bond acceptors (Lipinski definition) is 6. The number of anilines is 2. The highest BCUT2D eigenvalue weighted by Crippen LogP contribution is 2.42. The molecule has 0 saturated heterocycles. The molecular formula is C21H26IN5O3. The van der Waals surface area contributed by atoms with Crippen molar-refractivity contribution < 1.29 is 14.7 Å². The average Bonchev–Trinajstić information content (AvgIpc) is 2.70. The fourth-order valence-corrected chi connectivity index (χ4v) is 3.99. The van der Waals surface area contributed by atoms with Crippen LogP contribution in [-0.2, 0) is 4.79 Å². The SMILES string of the molecule is CC(=O)N1c2ccc(C(=O)NC[C@@H](C)O)cc2[C@H](Nc2ncc(I)cn2)[C@@H](C)[C@@H]1C. The molecule has 9 heteroatoms. The molecule has 0 unspecified atom stereocenters. The first-order valence-electron chi connectivity index (χ1n) is 9.83. The van der Waals surface area contributed by atoms with Crippen molar-refractivity contribution in [3.63, 3.8) is 0 Å². The molecule has 2 heterocycles. The minimum atomic E-state index is -0.631. The number of aliphatic hydroxyl groups excluding tert-OH is 1. The first-order valence-corrected chi connectivity index (χ1v) is 10.9. The topological polar surface area (TPSA) is 107 Å². The number of nitrogens with one attached hydrogen (secondary N) is 2. The smallest absolute Gasteiger partial charge is 0.251 e. The van der Waals surface area contributed by atoms with Gasteiger partial charge in [0.2, 0.25) is 11.9 Å². The molecule has 30 heavy (non-hydrogen) atoms. The van der Waals surface area contributed by atoms with E-state index in [1.165, 1.54) is 0 Å². The van der Waals surface area contributed by atoms with Crippen LogP contribution in [0.5, 0.6) is 0 Å². The molecule has 1 aliphatic heterocycles. The lowest BCUT2D eigenvalue weighted by molar-refractivity contribution is -0.117. The monoisotopic (exact) mass is 523 g/mol. The van der Waals surface area contributed by atoms with Crippen LogP contribution >= 0.6 is 22.6 Å². The third-order valence-electron chi connectivity index (χ3n) is 5.38. The van der Waals surface area contributed by atoms with E-state index >= 15 is 0 Å². The van der Waals surface area contributed by atoms with Gasteiger partial charge in [0.15, 0.2) is 0 Å². The Kier molecular flexibility index (Phi) is 6.91. The van der Waals surface area contributed by atoms with E-state index in [1.807, 2.05) is 6.92 Å². The Morgan fingerprint density at radius 3 is 2.53 bits per heavy atom. The van der Waals surface area contributed by atoms with Crippen LogP contribution in [0.15, 0.2) is 30.6 Å². The number of carbonyl (C=O) groups is 2. The summed E-state index contributed by atoms with van der Waals surface area (Å²) in [7, 11) is 0. The number of nitrogens with zero attached hydrogens (tertiary/aromatic N) is 3. The summed E-state index contributed by atoms with van der Waals surface area (Å²) in [6.45, 7) is 7.41. The Hall–Kier alpha value is -2.27. The van der Waals surface area contributed by atoms with Gasteiger partial charge in [-0.1, -0.05) is 6.92 Å². The van der Waals surface area contributed by atoms with E-state index in [0.29, 0.717) is 11.5 Å². The molecule has 1 aliphatic rings. The zero-order valence-electron chi connectivity index (χ0n) is 17.4. The van der Waals surface area contributed by atoms with Gasteiger partial charge in [0.1, 0.15) is 0 Å². The molecule has 0 spiro atoms. The highest BCUT2D eigenvalue weighted by molar-refractivity contribution is 14.1. The second-order valence-electron chi connectivity index (χ2n) is 7.67. The quantitative estimate of drug-likeness (QED) is 0.521. The van der Waals surface area contributed by atoms with E-state index in [2.05, 4.69) is 50.1 Å². The Bertz CT molecular complexity index is 935. The number of fused-ring (bicyclic) bond motifs is 1. The third kappa shape index (κ3) is 4.72. The van der Waals surface area contributed by atoms with Crippen LogP contribution in [0.2, 0.25) is 0 Å². The molecular weight excluding hydrogens is 497 g/mol. The van der Waals surface area contributed by atoms with Gasteiger partial charge in [-0.15, -0.1) is 0 Å². The number of amides is 2. The number of benzene rings is 1. The van der Waals surface area contributed by atoms with Gasteiger partial charge >= 0.3 is 0 Å². The Labute approximate surface area is 189 Å². The summed E-state index contributed by atoms with van der Waals surface area (Å²) < 4.78 is 0.934. The number of aliphatic hydroxyl groups is 1. The number of hydrogen-bond donors (Lipinski definition) is 3. The van der Waals surface area contributed by atoms with Crippen LogP contribution in [0, 0.1) is 9.49 Å². The molecule has 1 aromatic heterocycles. The molecule has 8 nitrogen and oxygen atoms in total. The van der Waals surface area contributed by atoms with Crippen LogP contribution < -0.4 is 15.5 Å². The molecule has 1 aromatic carbocycles. The molecule has 3 N–H and O–H groups in total. The maximum atomic E-state index is 12.5. The van der Waals surface area contributed by atoms with Gasteiger partial charge in [0.25, 0.3) is 5.91 Å². The van der Waals surface area contributed by atoms with Crippen molar-refractivity contribution in [2.45, 2.75) is 45.9 Å². The van der Waals surface area contributed by atoms with E-state index < -0.39 is 6.10 Å². The summed E-state index contributed by atoms with van der Waals surface area (Å²) in [6.07, 6.45) is 2.83. The molecule has 3 rings (SSSR count). The van der Waals surface area contributed by atoms with Crippen molar-refractivity contribution in [2.75, 3.05) is 16.8 Å². The Balaban J connectivity index is 2.02. The standard InChI is InChI=1S/C21H26IN5O3/c1-11(28)8-23-20(30)15-5-6-18-17(7-15)19(12(2)13(3)27(18)14(4)29)26-21-24-9-16(22)10-25-21/h5-7,9-13,19,28H,8H2,1-4H3,(H,23,30)(H,24,25,26)/t11-,12+,13+,19-/m1/s1. The number of rotatable bonds is 5. The van der Waals surface area contributed by atoms with E-state index in [-0.39, 0.29) is 36.4 Å². The van der Waals surface area contributed by atoms with E-state index in [1.54, 1.807) is 49.3 Å². The molecule has 0 aliphatic carbocycles. The van der Waals surface area contributed by atoms with Crippen molar-refractivity contribution in [2.24, 2.45) is 5.92 Å². The lowest BCUT2D eigenvalue weighted by Crippen LogP contribution is -2.48. The summed E-state index contributed by atoms with van der Waals surface area (Å²) in [6, 6.07) is 5.07. The lowest BCUT2D eigenvalue weighted by atomic mass is 9.82. The fraction of sp³-hybridized carbons (Fsp3) is 0.429. The number of halogens is 1. The third-order valence-corrected chi connectivity index (χ3v) is 5.94. The highest BCUT2D eigenvalue weighted by Gasteiger charge is 2.38. The van der Waals surface area contributed by atoms with Gasteiger partial charge in [-0.25, -0.2) is 9.97 Å².